The van der Waals surface area contributed by atoms with Gasteiger partial charge < -0.3 is 10.1 Å². The molecule has 1 amide bonds. The highest BCUT2D eigenvalue weighted by molar-refractivity contribution is 8.26. The summed E-state index contributed by atoms with van der Waals surface area (Å²) in [5.41, 5.74) is 0.781. The Labute approximate surface area is 119 Å². The van der Waals surface area contributed by atoms with Crippen molar-refractivity contribution in [1.82, 2.24) is 9.88 Å². The molecule has 1 aromatic rings. The Bertz CT molecular complexity index is 551. The normalized spacial score (nSPS) is 19.2. The van der Waals surface area contributed by atoms with E-state index in [1.54, 1.807) is 19.2 Å². The molecule has 0 radical (unpaired) electrons. The Morgan fingerprint density at radius 2 is 2.42 bits per heavy atom. The molecular weight excluding hydrogens is 284 g/mol. The van der Waals surface area contributed by atoms with Crippen LogP contribution in [-0.4, -0.2) is 37.2 Å². The van der Waals surface area contributed by atoms with Crippen molar-refractivity contribution >= 4 is 46.3 Å². The minimum atomic E-state index is -1.04. The van der Waals surface area contributed by atoms with Crippen LogP contribution in [0, 0.1) is 0 Å². The van der Waals surface area contributed by atoms with Crippen LogP contribution >= 0.6 is 24.0 Å². The van der Waals surface area contributed by atoms with E-state index in [4.69, 9.17) is 17.3 Å². The molecule has 19 heavy (non-hydrogen) atoms. The zero-order valence-corrected chi connectivity index (χ0v) is 11.8. The predicted octanol–water partition coefficient (Wildman–Crippen LogP) is 2.08. The highest BCUT2D eigenvalue weighted by atomic mass is 32.2. The molecule has 1 aliphatic heterocycles. The summed E-state index contributed by atoms with van der Waals surface area (Å²) in [7, 11) is 0. The molecule has 1 unspecified atom stereocenters. The van der Waals surface area contributed by atoms with Gasteiger partial charge in [0.1, 0.15) is 10.4 Å². The van der Waals surface area contributed by atoms with E-state index in [0.717, 1.165) is 17.5 Å². The zero-order chi connectivity index (χ0) is 14.0. The number of carboxylic acids is 1. The number of aliphatic carboxylic acids is 1. The molecular formula is C12H12N2O3S2. The van der Waals surface area contributed by atoms with E-state index in [0.29, 0.717) is 11.3 Å². The fourth-order valence-corrected chi connectivity index (χ4v) is 3.14. The molecule has 2 rings (SSSR count). The fourth-order valence-electron chi connectivity index (χ4n) is 1.79. The van der Waals surface area contributed by atoms with Crippen molar-refractivity contribution in [3.8, 4) is 0 Å². The second kappa shape index (κ2) is 5.58. The van der Waals surface area contributed by atoms with Gasteiger partial charge in [-0.1, -0.05) is 30.9 Å². The van der Waals surface area contributed by atoms with Gasteiger partial charge in [0.25, 0.3) is 5.91 Å². The second-order valence-corrected chi connectivity index (χ2v) is 5.62. The lowest BCUT2D eigenvalue weighted by molar-refractivity contribution is -0.145. The number of nitrogens with one attached hydrogen (secondary N) is 1. The highest BCUT2D eigenvalue weighted by Gasteiger charge is 2.39. The summed E-state index contributed by atoms with van der Waals surface area (Å²) in [6.07, 6.45) is 3.74. The average molecular weight is 296 g/mol. The molecule has 2 heterocycles. The number of carbonyl (C=O) groups excluding carboxylic acids is 1. The van der Waals surface area contributed by atoms with Crippen molar-refractivity contribution in [3.63, 3.8) is 0 Å². The van der Waals surface area contributed by atoms with Crippen molar-refractivity contribution in [2.24, 2.45) is 0 Å². The Morgan fingerprint density at radius 3 is 2.95 bits per heavy atom. The zero-order valence-electron chi connectivity index (χ0n) is 10.1. The van der Waals surface area contributed by atoms with Crippen LogP contribution in [0.2, 0.25) is 0 Å². The molecule has 1 saturated heterocycles. The van der Waals surface area contributed by atoms with Crippen LogP contribution < -0.4 is 0 Å². The maximum atomic E-state index is 12.2. The number of thioether (sulfide) groups is 1. The maximum absolute atomic E-state index is 12.2. The Hall–Kier alpha value is -1.60. The number of H-pyrrole nitrogens is 1. The first-order valence-electron chi connectivity index (χ1n) is 5.68. The maximum Gasteiger partial charge on any atom is 0.326 e. The van der Waals surface area contributed by atoms with Gasteiger partial charge in [0.05, 0.1) is 4.91 Å². The number of thiocarbonyl (C=S) groups is 1. The number of hydrogen-bond acceptors (Lipinski definition) is 4. The van der Waals surface area contributed by atoms with Gasteiger partial charge in [-0.05, 0) is 24.6 Å². The summed E-state index contributed by atoms with van der Waals surface area (Å²) in [6.45, 7) is 1.71. The lowest BCUT2D eigenvalue weighted by Gasteiger charge is -2.21. The quantitative estimate of drug-likeness (QED) is 0.657. The molecule has 5 nitrogen and oxygen atoms in total. The van der Waals surface area contributed by atoms with E-state index >= 15 is 0 Å². The number of aromatic amines is 1. The van der Waals surface area contributed by atoms with E-state index < -0.39 is 12.0 Å². The van der Waals surface area contributed by atoms with Gasteiger partial charge in [-0.25, -0.2) is 4.79 Å². The minimum absolute atomic E-state index is 0.289. The molecule has 0 aliphatic carbocycles. The summed E-state index contributed by atoms with van der Waals surface area (Å²) in [4.78, 5) is 27.9. The van der Waals surface area contributed by atoms with Crippen molar-refractivity contribution in [2.45, 2.75) is 19.4 Å². The van der Waals surface area contributed by atoms with Crippen LogP contribution in [0.3, 0.4) is 0 Å². The first-order valence-corrected chi connectivity index (χ1v) is 6.90. The van der Waals surface area contributed by atoms with Crippen LogP contribution in [0.15, 0.2) is 23.2 Å². The molecule has 7 heteroatoms. The molecule has 1 atom stereocenters. The summed E-state index contributed by atoms with van der Waals surface area (Å²) in [5, 5.41) is 9.12. The topological polar surface area (TPSA) is 73.4 Å². The first-order chi connectivity index (χ1) is 9.04. The largest absolute Gasteiger partial charge is 0.480 e. The van der Waals surface area contributed by atoms with Crippen molar-refractivity contribution in [2.75, 3.05) is 0 Å². The van der Waals surface area contributed by atoms with Crippen LogP contribution in [0.5, 0.6) is 0 Å². The third kappa shape index (κ3) is 2.71. The lowest BCUT2D eigenvalue weighted by atomic mass is 10.2. The number of carbonyl (C=O) groups is 2. The summed E-state index contributed by atoms with van der Waals surface area (Å²) < 4.78 is 0.289. The first kappa shape index (κ1) is 13.8. The van der Waals surface area contributed by atoms with Gasteiger partial charge in [-0.2, -0.15) is 0 Å². The molecule has 1 fully saturated rings. The Balaban J connectivity index is 2.28. The Kier molecular flexibility index (Phi) is 4.06. The molecule has 1 aliphatic rings. The SMILES string of the molecule is CCC(C(=O)O)N1C(=O)C(=Cc2ccc[nH]2)SC1=S. The van der Waals surface area contributed by atoms with E-state index in [9.17, 15) is 9.59 Å². The minimum Gasteiger partial charge on any atom is -0.480 e. The highest BCUT2D eigenvalue weighted by Crippen LogP contribution is 2.34. The summed E-state index contributed by atoms with van der Waals surface area (Å²) >= 11 is 6.23. The van der Waals surface area contributed by atoms with Crippen molar-refractivity contribution in [3.05, 3.63) is 28.9 Å². The number of amides is 1. The molecule has 0 spiro atoms. The standard InChI is InChI=1S/C12H12N2O3S2/c1-2-8(11(16)17)14-10(15)9(19-12(14)18)6-7-4-3-5-13-7/h3-6,8,13H,2H2,1H3,(H,16,17). The monoisotopic (exact) mass is 296 g/mol. The van der Waals surface area contributed by atoms with Crippen molar-refractivity contribution < 1.29 is 14.7 Å². The van der Waals surface area contributed by atoms with Crippen LogP contribution in [0.25, 0.3) is 6.08 Å². The molecule has 0 saturated carbocycles. The van der Waals surface area contributed by atoms with Gasteiger partial charge in [-0.15, -0.1) is 0 Å². The van der Waals surface area contributed by atoms with Gasteiger partial charge in [0.2, 0.25) is 0 Å². The third-order valence-electron chi connectivity index (χ3n) is 2.72. The predicted molar refractivity (Wildman–Crippen MR) is 77.5 cm³/mol. The van der Waals surface area contributed by atoms with E-state index in [1.807, 2.05) is 12.1 Å². The van der Waals surface area contributed by atoms with E-state index in [2.05, 4.69) is 4.98 Å². The van der Waals surface area contributed by atoms with Crippen LogP contribution in [0.1, 0.15) is 19.0 Å². The molecule has 0 bridgehead atoms. The number of nitrogens with zero attached hydrogens (tertiary/aromatic N) is 1. The van der Waals surface area contributed by atoms with Crippen LogP contribution in [-0.2, 0) is 9.59 Å². The average Bonchev–Trinajstić information content (AvgIpc) is 2.94. The van der Waals surface area contributed by atoms with E-state index in [1.165, 1.54) is 4.90 Å². The van der Waals surface area contributed by atoms with Crippen molar-refractivity contribution in [1.29, 1.82) is 0 Å². The van der Waals surface area contributed by atoms with Gasteiger partial charge in [0, 0.05) is 11.9 Å². The molecule has 1 aromatic heterocycles. The van der Waals surface area contributed by atoms with Crippen LogP contribution in [0.4, 0.5) is 0 Å². The second-order valence-electron chi connectivity index (χ2n) is 3.94. The Morgan fingerprint density at radius 1 is 1.68 bits per heavy atom. The summed E-state index contributed by atoms with van der Waals surface area (Å²) in [5.74, 6) is -1.39. The number of rotatable bonds is 4. The summed E-state index contributed by atoms with van der Waals surface area (Å²) in [6, 6.07) is 2.74. The molecule has 2 N–H and O–H groups in total. The van der Waals surface area contributed by atoms with Gasteiger partial charge in [0.15, 0.2) is 0 Å². The number of hydrogen-bond donors (Lipinski definition) is 2. The van der Waals surface area contributed by atoms with E-state index in [-0.39, 0.29) is 10.2 Å². The fraction of sp³-hybridized carbons (Fsp3) is 0.250. The number of carboxylic acid groups (broad SMARTS) is 1. The smallest absolute Gasteiger partial charge is 0.326 e. The molecule has 100 valence electrons. The third-order valence-corrected chi connectivity index (χ3v) is 4.05. The van der Waals surface area contributed by atoms with Gasteiger partial charge in [-0.3, -0.25) is 9.69 Å². The lowest BCUT2D eigenvalue weighted by Crippen LogP contribution is -2.43. The molecule has 0 aromatic carbocycles. The van der Waals surface area contributed by atoms with Gasteiger partial charge >= 0.3 is 5.97 Å². The number of aromatic nitrogens is 1.